The van der Waals surface area contributed by atoms with E-state index in [2.05, 4.69) is 28.0 Å². The van der Waals surface area contributed by atoms with E-state index in [1.54, 1.807) is 25.3 Å². The number of anilines is 4. The summed E-state index contributed by atoms with van der Waals surface area (Å²) < 4.78 is 33.7. The molecular weight excluding hydrogens is 666 g/mol. The van der Waals surface area contributed by atoms with Gasteiger partial charge in [-0.2, -0.15) is 15.0 Å². The molecule has 1 aromatic heterocycles. The lowest BCUT2D eigenvalue weighted by Gasteiger charge is -2.40. The van der Waals surface area contributed by atoms with E-state index in [0.717, 1.165) is 49.8 Å². The number of phenolic OH excluding ortho intramolecular Hbond substituents is 1. The second-order valence-corrected chi connectivity index (χ2v) is 13.6. The molecule has 0 unspecified atom stereocenters. The molecule has 0 bridgehead atoms. The van der Waals surface area contributed by atoms with Gasteiger partial charge in [0, 0.05) is 37.7 Å². The third-order valence-corrected chi connectivity index (χ3v) is 9.39. The SMILES string of the molecule is COCCOCCOCCOCCOCCOCC[N+]1(C)CCC(Nc2nc(Nc3ccc(O)c(Cl)c3)nc(NC3CCCCCC3)n2)CC1. The predicted octanol–water partition coefficient (Wildman–Crippen LogP) is 4.86. The number of piperidine rings is 1. The van der Waals surface area contributed by atoms with Crippen molar-refractivity contribution in [2.24, 2.45) is 0 Å². The Kier molecular flexibility index (Phi) is 18.6. The molecule has 4 rings (SSSR count). The quantitative estimate of drug-likeness (QED) is 0.0506. The second-order valence-electron chi connectivity index (χ2n) is 13.2. The molecule has 0 spiro atoms. The lowest BCUT2D eigenvalue weighted by molar-refractivity contribution is -0.914. The lowest BCUT2D eigenvalue weighted by atomic mass is 10.0. The van der Waals surface area contributed by atoms with Crippen molar-refractivity contribution in [1.82, 2.24) is 15.0 Å². The van der Waals surface area contributed by atoms with Crippen molar-refractivity contribution in [3.8, 4) is 5.75 Å². The van der Waals surface area contributed by atoms with Crippen molar-refractivity contribution in [3.63, 3.8) is 0 Å². The molecule has 1 aliphatic heterocycles. The largest absolute Gasteiger partial charge is 0.506 e. The zero-order valence-electron chi connectivity index (χ0n) is 30.0. The van der Waals surface area contributed by atoms with E-state index >= 15 is 0 Å². The minimum absolute atomic E-state index is 0.0290. The number of hydrogen-bond donors (Lipinski definition) is 4. The molecule has 2 aliphatic rings. The maximum absolute atomic E-state index is 9.83. The Labute approximate surface area is 302 Å². The van der Waals surface area contributed by atoms with Gasteiger partial charge in [0.25, 0.3) is 0 Å². The second kappa shape index (κ2) is 23.1. The van der Waals surface area contributed by atoms with Crippen molar-refractivity contribution < 1.29 is 38.0 Å². The number of likely N-dealkylation sites (tertiary alicyclic amines) is 1. The average molecular weight is 725 g/mol. The standard InChI is InChI=1S/C35H58ClN7O7/c1-43(15-16-46-19-20-48-23-24-50-26-25-49-22-21-47-18-17-45-2)13-11-29(12-14-43)38-34-40-33(37-28-7-5-3-4-6-8-28)41-35(42-34)39-30-9-10-32(44)31(36)27-30/h9-10,27-29H,3-8,11-26H2,1-2H3,(H3-,37,38,39,40,41,42,44)/p+1. The highest BCUT2D eigenvalue weighted by molar-refractivity contribution is 6.32. The van der Waals surface area contributed by atoms with Gasteiger partial charge in [-0.15, -0.1) is 0 Å². The topological polar surface area (TPSA) is 150 Å². The molecule has 50 heavy (non-hydrogen) atoms. The van der Waals surface area contributed by atoms with E-state index in [-0.39, 0.29) is 16.8 Å². The Morgan fingerprint density at radius 2 is 1.16 bits per heavy atom. The summed E-state index contributed by atoms with van der Waals surface area (Å²) in [5, 5.41) is 20.5. The van der Waals surface area contributed by atoms with Crippen molar-refractivity contribution in [2.75, 3.05) is 122 Å². The number of likely N-dealkylation sites (N-methyl/N-ethyl adjacent to an activating group) is 1. The molecule has 282 valence electrons. The Balaban J connectivity index is 1.12. The molecule has 1 saturated carbocycles. The zero-order valence-corrected chi connectivity index (χ0v) is 30.8. The van der Waals surface area contributed by atoms with E-state index in [1.807, 2.05) is 0 Å². The highest BCUT2D eigenvalue weighted by atomic mass is 35.5. The Morgan fingerprint density at radius 1 is 0.680 bits per heavy atom. The minimum atomic E-state index is 0.0290. The summed E-state index contributed by atoms with van der Waals surface area (Å²) >= 11 is 6.15. The van der Waals surface area contributed by atoms with Gasteiger partial charge in [-0.1, -0.05) is 37.3 Å². The van der Waals surface area contributed by atoms with E-state index in [0.29, 0.717) is 102 Å². The van der Waals surface area contributed by atoms with Crippen LogP contribution >= 0.6 is 11.6 Å². The van der Waals surface area contributed by atoms with Crippen molar-refractivity contribution in [2.45, 2.75) is 63.5 Å². The van der Waals surface area contributed by atoms with Gasteiger partial charge in [-0.3, -0.25) is 0 Å². The van der Waals surface area contributed by atoms with Crippen LogP contribution in [0.15, 0.2) is 18.2 Å². The van der Waals surface area contributed by atoms with Crippen LogP contribution in [0.5, 0.6) is 5.75 Å². The van der Waals surface area contributed by atoms with Crippen LogP contribution in [-0.4, -0.2) is 143 Å². The number of aromatic nitrogens is 3. The van der Waals surface area contributed by atoms with Gasteiger partial charge < -0.3 is 54.0 Å². The first-order valence-electron chi connectivity index (χ1n) is 18.2. The molecule has 2 aromatic rings. The number of methoxy groups -OCH3 is 1. The normalized spacial score (nSPS) is 20.0. The number of halogens is 1. The van der Waals surface area contributed by atoms with Crippen molar-refractivity contribution in [3.05, 3.63) is 23.2 Å². The molecule has 4 N–H and O–H groups in total. The summed E-state index contributed by atoms with van der Waals surface area (Å²) in [6, 6.07) is 5.55. The summed E-state index contributed by atoms with van der Waals surface area (Å²) in [7, 11) is 3.95. The van der Waals surface area contributed by atoms with E-state index in [4.69, 9.17) is 50.0 Å². The summed E-state index contributed by atoms with van der Waals surface area (Å²) in [6.07, 6.45) is 9.20. The van der Waals surface area contributed by atoms with Gasteiger partial charge in [0.1, 0.15) is 12.3 Å². The number of nitrogens with one attached hydrogen (secondary N) is 3. The number of benzene rings is 1. The van der Waals surface area contributed by atoms with E-state index in [1.165, 1.54) is 25.7 Å². The monoisotopic (exact) mass is 724 g/mol. The summed E-state index contributed by atoms with van der Waals surface area (Å²) in [5.41, 5.74) is 0.688. The van der Waals surface area contributed by atoms with Crippen LogP contribution in [0.2, 0.25) is 5.02 Å². The highest BCUT2D eigenvalue weighted by Crippen LogP contribution is 2.28. The molecule has 0 amide bonds. The average Bonchev–Trinajstić information content (AvgIpc) is 3.37. The molecule has 2 fully saturated rings. The van der Waals surface area contributed by atoms with Gasteiger partial charge in [-0.25, -0.2) is 0 Å². The van der Waals surface area contributed by atoms with Gasteiger partial charge in [0.05, 0.1) is 97.8 Å². The Hall–Kier alpha value is -2.56. The molecule has 1 aromatic carbocycles. The van der Waals surface area contributed by atoms with Crippen LogP contribution in [0, 0.1) is 0 Å². The molecule has 15 heteroatoms. The predicted molar refractivity (Wildman–Crippen MR) is 195 cm³/mol. The molecule has 0 atom stereocenters. The third-order valence-electron chi connectivity index (χ3n) is 9.09. The van der Waals surface area contributed by atoms with Crippen LogP contribution in [0.3, 0.4) is 0 Å². The fourth-order valence-electron chi connectivity index (χ4n) is 6.03. The number of aromatic hydroxyl groups is 1. The third kappa shape index (κ3) is 15.8. The van der Waals surface area contributed by atoms with Crippen LogP contribution in [-0.2, 0) is 28.4 Å². The first kappa shape index (κ1) is 40.2. The van der Waals surface area contributed by atoms with Crippen LogP contribution in [0.4, 0.5) is 23.5 Å². The first-order chi connectivity index (χ1) is 24.4. The van der Waals surface area contributed by atoms with E-state index < -0.39 is 0 Å². The number of nitrogens with zero attached hydrogens (tertiary/aromatic N) is 4. The summed E-state index contributed by atoms with van der Waals surface area (Å²) in [6.45, 7) is 9.27. The maximum atomic E-state index is 9.83. The summed E-state index contributed by atoms with van der Waals surface area (Å²) in [5.74, 6) is 1.56. The van der Waals surface area contributed by atoms with Gasteiger partial charge in [0.2, 0.25) is 17.8 Å². The van der Waals surface area contributed by atoms with Crippen LogP contribution < -0.4 is 16.0 Å². The van der Waals surface area contributed by atoms with Gasteiger partial charge >= 0.3 is 0 Å². The molecule has 14 nitrogen and oxygen atoms in total. The Morgan fingerprint density at radius 3 is 1.68 bits per heavy atom. The number of phenols is 1. The van der Waals surface area contributed by atoms with Crippen LogP contribution in [0.25, 0.3) is 0 Å². The molecule has 1 aliphatic carbocycles. The van der Waals surface area contributed by atoms with Gasteiger partial charge in [-0.05, 0) is 31.0 Å². The number of quaternary nitrogens is 1. The minimum Gasteiger partial charge on any atom is -0.506 e. The Bertz CT molecular complexity index is 1220. The number of ether oxygens (including phenoxy) is 6. The lowest BCUT2D eigenvalue weighted by Crippen LogP contribution is -2.53. The van der Waals surface area contributed by atoms with Gasteiger partial charge in [0.15, 0.2) is 0 Å². The number of rotatable bonds is 24. The van der Waals surface area contributed by atoms with Crippen molar-refractivity contribution in [1.29, 1.82) is 0 Å². The molecule has 0 radical (unpaired) electrons. The zero-order chi connectivity index (χ0) is 35.3. The van der Waals surface area contributed by atoms with Crippen LogP contribution in [0.1, 0.15) is 51.4 Å². The van der Waals surface area contributed by atoms with E-state index in [9.17, 15) is 5.11 Å². The smallest absolute Gasteiger partial charge is 0.233 e. The number of hydrogen-bond acceptors (Lipinski definition) is 13. The molecule has 1 saturated heterocycles. The fraction of sp³-hybridized carbons (Fsp3) is 0.743. The van der Waals surface area contributed by atoms with Crippen molar-refractivity contribution >= 4 is 35.1 Å². The first-order valence-corrected chi connectivity index (χ1v) is 18.6. The molecule has 2 heterocycles. The highest BCUT2D eigenvalue weighted by Gasteiger charge is 2.30. The molecular formula is C35H59ClN7O7+. The fourth-order valence-corrected chi connectivity index (χ4v) is 6.21. The summed E-state index contributed by atoms with van der Waals surface area (Å²) in [4.78, 5) is 14.2. The maximum Gasteiger partial charge on any atom is 0.233 e.